The highest BCUT2D eigenvalue weighted by Crippen LogP contribution is 2.31. The SMILES string of the molecule is COc1ccnc(CN2Cc3ccc(-c4noc(C(F)(F)F)n4)cc3C2=O)c1. The lowest BCUT2D eigenvalue weighted by Crippen LogP contribution is -2.23. The monoisotopic (exact) mass is 390 g/mol. The number of halogens is 3. The van der Waals surface area contributed by atoms with Gasteiger partial charge in [0.15, 0.2) is 0 Å². The summed E-state index contributed by atoms with van der Waals surface area (Å²) in [5, 5.41) is 3.35. The van der Waals surface area contributed by atoms with Gasteiger partial charge in [0, 0.05) is 29.9 Å². The average molecular weight is 390 g/mol. The molecule has 0 saturated heterocycles. The highest BCUT2D eigenvalue weighted by Gasteiger charge is 2.38. The van der Waals surface area contributed by atoms with Gasteiger partial charge in [-0.2, -0.15) is 18.2 Å². The molecular weight excluding hydrogens is 377 g/mol. The number of carbonyl (C=O) groups excluding carboxylic acids is 1. The molecule has 0 spiro atoms. The molecule has 0 atom stereocenters. The van der Waals surface area contributed by atoms with Gasteiger partial charge in [0.05, 0.1) is 19.3 Å². The summed E-state index contributed by atoms with van der Waals surface area (Å²) in [4.78, 5) is 21.9. The number of aromatic nitrogens is 3. The first-order valence-corrected chi connectivity index (χ1v) is 8.17. The van der Waals surface area contributed by atoms with Gasteiger partial charge in [-0.3, -0.25) is 9.78 Å². The van der Waals surface area contributed by atoms with Crippen LogP contribution in [0.25, 0.3) is 11.4 Å². The van der Waals surface area contributed by atoms with E-state index in [1.165, 1.54) is 6.07 Å². The Bertz CT molecular complexity index is 1050. The van der Waals surface area contributed by atoms with Crippen LogP contribution in [0.3, 0.4) is 0 Å². The van der Waals surface area contributed by atoms with Crippen LogP contribution in [0, 0.1) is 0 Å². The van der Waals surface area contributed by atoms with Gasteiger partial charge in [0.2, 0.25) is 5.82 Å². The van der Waals surface area contributed by atoms with Crippen LogP contribution in [-0.2, 0) is 19.3 Å². The van der Waals surface area contributed by atoms with Gasteiger partial charge in [-0.25, -0.2) is 0 Å². The van der Waals surface area contributed by atoms with Crippen molar-refractivity contribution in [1.29, 1.82) is 0 Å². The Balaban J connectivity index is 1.57. The number of ether oxygens (including phenoxy) is 1. The zero-order valence-electron chi connectivity index (χ0n) is 14.5. The van der Waals surface area contributed by atoms with Crippen LogP contribution >= 0.6 is 0 Å². The number of fused-ring (bicyclic) bond motifs is 1. The Morgan fingerprint density at radius 3 is 2.79 bits per heavy atom. The second kappa shape index (κ2) is 6.63. The highest BCUT2D eigenvalue weighted by atomic mass is 19.4. The second-order valence-corrected chi connectivity index (χ2v) is 6.14. The van der Waals surface area contributed by atoms with E-state index < -0.39 is 12.1 Å². The maximum atomic E-state index is 12.7. The largest absolute Gasteiger partial charge is 0.497 e. The fraction of sp³-hybridized carbons (Fsp3) is 0.222. The van der Waals surface area contributed by atoms with Gasteiger partial charge >= 0.3 is 12.1 Å². The van der Waals surface area contributed by atoms with E-state index in [0.29, 0.717) is 23.6 Å². The number of methoxy groups -OCH3 is 1. The maximum Gasteiger partial charge on any atom is 0.471 e. The molecule has 0 N–H and O–H groups in total. The fourth-order valence-corrected chi connectivity index (χ4v) is 2.95. The molecule has 1 aliphatic heterocycles. The lowest BCUT2D eigenvalue weighted by molar-refractivity contribution is -0.159. The number of nitrogens with zero attached hydrogens (tertiary/aromatic N) is 4. The lowest BCUT2D eigenvalue weighted by atomic mass is 10.1. The van der Waals surface area contributed by atoms with Crippen molar-refractivity contribution in [3.8, 4) is 17.1 Å². The molecule has 2 aromatic heterocycles. The van der Waals surface area contributed by atoms with Gasteiger partial charge in [0.25, 0.3) is 5.91 Å². The minimum atomic E-state index is -4.72. The maximum absolute atomic E-state index is 12.7. The Morgan fingerprint density at radius 2 is 2.07 bits per heavy atom. The van der Waals surface area contributed by atoms with Crippen LogP contribution in [0.2, 0.25) is 0 Å². The Hall–Kier alpha value is -3.43. The third kappa shape index (κ3) is 3.28. The standard InChI is InChI=1S/C18H13F3N4O3/c1-27-13-4-5-22-12(7-13)9-25-8-11-3-2-10(6-14(11)16(25)26)15-23-17(28-24-15)18(19,20)21/h2-7H,8-9H2,1H3. The smallest absolute Gasteiger partial charge is 0.471 e. The lowest BCUT2D eigenvalue weighted by Gasteiger charge is -2.15. The predicted molar refractivity (Wildman–Crippen MR) is 89.1 cm³/mol. The summed E-state index contributed by atoms with van der Waals surface area (Å²) in [5.41, 5.74) is 2.08. The Kier molecular flexibility index (Phi) is 4.25. The molecule has 4 rings (SSSR count). The van der Waals surface area contributed by atoms with Crippen LogP contribution in [0.1, 0.15) is 27.5 Å². The number of pyridine rings is 1. The number of alkyl halides is 3. The van der Waals surface area contributed by atoms with Crippen LogP contribution < -0.4 is 4.74 Å². The number of rotatable bonds is 4. The zero-order chi connectivity index (χ0) is 19.9. The molecule has 0 saturated carbocycles. The first-order valence-electron chi connectivity index (χ1n) is 8.17. The molecule has 3 aromatic rings. The fourth-order valence-electron chi connectivity index (χ4n) is 2.95. The van der Waals surface area contributed by atoms with E-state index in [9.17, 15) is 18.0 Å². The third-order valence-electron chi connectivity index (χ3n) is 4.29. The van der Waals surface area contributed by atoms with Crippen LogP contribution in [0.5, 0.6) is 5.75 Å². The van der Waals surface area contributed by atoms with E-state index in [1.807, 2.05) is 0 Å². The van der Waals surface area contributed by atoms with Crippen molar-refractivity contribution in [3.05, 3.63) is 59.2 Å². The summed E-state index contributed by atoms with van der Waals surface area (Å²) < 4.78 is 47.3. The summed E-state index contributed by atoms with van der Waals surface area (Å²) in [7, 11) is 1.54. The third-order valence-corrected chi connectivity index (χ3v) is 4.29. The van der Waals surface area contributed by atoms with Gasteiger partial charge in [-0.1, -0.05) is 17.3 Å². The van der Waals surface area contributed by atoms with Crippen LogP contribution in [0.4, 0.5) is 13.2 Å². The van der Waals surface area contributed by atoms with Crippen molar-refractivity contribution >= 4 is 5.91 Å². The summed E-state index contributed by atoms with van der Waals surface area (Å²) >= 11 is 0. The summed E-state index contributed by atoms with van der Waals surface area (Å²) in [5.74, 6) is -1.27. The molecular formula is C18H13F3N4O3. The van der Waals surface area contributed by atoms with Gasteiger partial charge in [0.1, 0.15) is 5.75 Å². The highest BCUT2D eigenvalue weighted by molar-refractivity contribution is 5.99. The quantitative estimate of drug-likeness (QED) is 0.680. The Labute approximate surface area is 156 Å². The van der Waals surface area contributed by atoms with Gasteiger partial charge in [-0.15, -0.1) is 0 Å². The van der Waals surface area contributed by atoms with Gasteiger partial charge in [-0.05, 0) is 17.7 Å². The van der Waals surface area contributed by atoms with Crippen molar-refractivity contribution in [1.82, 2.24) is 20.0 Å². The first-order chi connectivity index (χ1) is 13.3. The molecule has 28 heavy (non-hydrogen) atoms. The summed E-state index contributed by atoms with van der Waals surface area (Å²) in [6, 6.07) is 8.15. The molecule has 0 fully saturated rings. The Morgan fingerprint density at radius 1 is 1.25 bits per heavy atom. The predicted octanol–water partition coefficient (Wildman–Crippen LogP) is 3.32. The molecule has 7 nitrogen and oxygen atoms in total. The van der Waals surface area contributed by atoms with Crippen molar-refractivity contribution in [2.24, 2.45) is 0 Å². The summed E-state index contributed by atoms with van der Waals surface area (Å²) in [6.45, 7) is 0.647. The molecule has 1 amide bonds. The number of hydrogen-bond acceptors (Lipinski definition) is 6. The van der Waals surface area contributed by atoms with Crippen molar-refractivity contribution < 1.29 is 27.2 Å². The van der Waals surface area contributed by atoms with E-state index in [4.69, 9.17) is 4.74 Å². The number of benzene rings is 1. The second-order valence-electron chi connectivity index (χ2n) is 6.14. The van der Waals surface area contributed by atoms with E-state index in [2.05, 4.69) is 19.6 Å². The van der Waals surface area contributed by atoms with E-state index in [-0.39, 0.29) is 23.8 Å². The van der Waals surface area contributed by atoms with Crippen molar-refractivity contribution in [3.63, 3.8) is 0 Å². The number of hydrogen-bond donors (Lipinski definition) is 0. The van der Waals surface area contributed by atoms with Crippen molar-refractivity contribution in [2.75, 3.05) is 7.11 Å². The van der Waals surface area contributed by atoms with Crippen molar-refractivity contribution in [2.45, 2.75) is 19.3 Å². The molecule has 144 valence electrons. The van der Waals surface area contributed by atoms with E-state index in [0.717, 1.165) is 5.56 Å². The normalized spacial score (nSPS) is 13.7. The molecule has 1 aliphatic rings. The minimum absolute atomic E-state index is 0.226. The molecule has 0 aliphatic carbocycles. The summed E-state index contributed by atoms with van der Waals surface area (Å²) in [6.07, 6.45) is -3.13. The minimum Gasteiger partial charge on any atom is -0.497 e. The topological polar surface area (TPSA) is 81.3 Å². The molecule has 10 heteroatoms. The van der Waals surface area contributed by atoms with Gasteiger partial charge < -0.3 is 14.2 Å². The number of carbonyl (C=O) groups is 1. The first kappa shape index (κ1) is 18.0. The zero-order valence-corrected chi connectivity index (χ0v) is 14.5. The van der Waals surface area contributed by atoms with E-state index in [1.54, 1.807) is 42.5 Å². The van der Waals surface area contributed by atoms with Crippen LogP contribution in [0.15, 0.2) is 41.1 Å². The molecule has 3 heterocycles. The molecule has 0 radical (unpaired) electrons. The van der Waals surface area contributed by atoms with E-state index >= 15 is 0 Å². The average Bonchev–Trinajstić information content (AvgIpc) is 3.28. The van der Waals surface area contributed by atoms with Crippen LogP contribution in [-0.4, -0.2) is 33.0 Å². The number of amides is 1. The molecule has 1 aromatic carbocycles. The molecule has 0 bridgehead atoms. The molecule has 0 unspecified atom stereocenters.